The van der Waals surface area contributed by atoms with Gasteiger partial charge in [0.25, 0.3) is 10.1 Å². The Hall–Kier alpha value is -1.49. The minimum atomic E-state index is -4.15. The number of aliphatic hydroxyl groups is 1. The van der Waals surface area contributed by atoms with E-state index in [1.165, 1.54) is 12.1 Å². The van der Waals surface area contributed by atoms with Crippen LogP contribution in [0.5, 0.6) is 0 Å². The van der Waals surface area contributed by atoms with E-state index in [1.54, 1.807) is 12.1 Å². The molecule has 1 heterocycles. The Morgan fingerprint density at radius 2 is 1.83 bits per heavy atom. The molecule has 234 valence electrons. The minimum absolute atomic E-state index is 0.0189. The Kier molecular flexibility index (Phi) is 9.22. The molecule has 1 aromatic carbocycles. The van der Waals surface area contributed by atoms with E-state index in [-0.39, 0.29) is 28.1 Å². The normalized spacial score (nSPS) is 36.9. The van der Waals surface area contributed by atoms with Gasteiger partial charge in [0.15, 0.2) is 12.4 Å². The second kappa shape index (κ2) is 12.1. The average Bonchev–Trinajstić information content (AvgIpc) is 3.58. The molecule has 1 aromatic rings. The van der Waals surface area contributed by atoms with Crippen molar-refractivity contribution in [2.45, 2.75) is 95.5 Å². The van der Waals surface area contributed by atoms with Crippen molar-refractivity contribution in [3.63, 3.8) is 0 Å². The van der Waals surface area contributed by atoms with E-state index >= 15 is 0 Å². The van der Waals surface area contributed by atoms with Gasteiger partial charge in [-0.05, 0) is 74.0 Å². The first kappa shape index (κ1) is 31.9. The summed E-state index contributed by atoms with van der Waals surface area (Å²) in [7, 11) is -4.15. The molecule has 4 fully saturated rings. The van der Waals surface area contributed by atoms with Crippen LogP contribution in [0.2, 0.25) is 0 Å². The third-order valence-corrected chi connectivity index (χ3v) is 12.5. The van der Waals surface area contributed by atoms with Crippen LogP contribution in [-0.4, -0.2) is 63.2 Å². The molecule has 1 N–H and O–H groups in total. The lowest BCUT2D eigenvalue weighted by Crippen LogP contribution is -2.64. The van der Waals surface area contributed by atoms with Crippen LogP contribution in [0.4, 0.5) is 0 Å². The van der Waals surface area contributed by atoms with Gasteiger partial charge in [0.2, 0.25) is 0 Å². The summed E-state index contributed by atoms with van der Waals surface area (Å²) in [5, 5.41) is 11.9. The Bertz CT molecular complexity index is 1270. The first-order chi connectivity index (χ1) is 19.9. The van der Waals surface area contributed by atoms with Crippen molar-refractivity contribution < 1.29 is 36.7 Å². The molecule has 0 aromatic heterocycles. The smallest absolute Gasteiger partial charge is 0.333 e. The quantitative estimate of drug-likeness (QED) is 0.132. The van der Waals surface area contributed by atoms with Gasteiger partial charge in [0.05, 0.1) is 24.2 Å². The van der Waals surface area contributed by atoms with Gasteiger partial charge in [-0.1, -0.05) is 44.5 Å². The molecule has 1 saturated heterocycles. The highest BCUT2D eigenvalue weighted by molar-refractivity contribution is 7.86. The number of hydrogen-bond acceptors (Lipinski definition) is 8. The highest BCUT2D eigenvalue weighted by Crippen LogP contribution is 2.71. The van der Waals surface area contributed by atoms with Crippen molar-refractivity contribution >= 4 is 27.7 Å². The summed E-state index contributed by atoms with van der Waals surface area (Å²) < 4.78 is 49.9. The number of hydrogen-bond donors (Lipinski definition) is 1. The highest BCUT2D eigenvalue weighted by Gasteiger charge is 2.73. The summed E-state index contributed by atoms with van der Waals surface area (Å²) in [4.78, 5) is 13.4. The van der Waals surface area contributed by atoms with Crippen molar-refractivity contribution in [3.8, 4) is 0 Å². The van der Waals surface area contributed by atoms with Crippen molar-refractivity contribution in [3.05, 3.63) is 41.5 Å². The number of rotatable bonds is 8. The maximum Gasteiger partial charge on any atom is 0.333 e. The fraction of sp³-hybridized carbons (Fsp3) is 0.719. The van der Waals surface area contributed by atoms with Crippen LogP contribution in [0, 0.1) is 35.5 Å². The number of esters is 1. The van der Waals surface area contributed by atoms with E-state index in [0.717, 1.165) is 43.2 Å². The molecular weight excluding hydrogens is 580 g/mol. The summed E-state index contributed by atoms with van der Waals surface area (Å²) in [5.41, 5.74) is 0.915. The lowest BCUT2D eigenvalue weighted by atomic mass is 9.45. The van der Waals surface area contributed by atoms with Gasteiger partial charge in [-0.2, -0.15) is 8.42 Å². The summed E-state index contributed by atoms with van der Waals surface area (Å²) in [6, 6.07) is 6.26. The summed E-state index contributed by atoms with van der Waals surface area (Å²) in [5.74, 6) is -1.06. The van der Waals surface area contributed by atoms with Gasteiger partial charge >= 0.3 is 5.97 Å². The number of allylic oxidation sites excluding steroid dienone is 1. The molecule has 1 spiro atoms. The van der Waals surface area contributed by atoms with Crippen LogP contribution in [0.3, 0.4) is 0 Å². The zero-order valence-corrected chi connectivity index (χ0v) is 26.7. The molecule has 3 saturated carbocycles. The Balaban J connectivity index is 1.49. The molecule has 5 rings (SSSR count). The molecule has 8 nitrogen and oxygen atoms in total. The number of aryl methyl sites for hydroxylation is 1. The van der Waals surface area contributed by atoms with E-state index in [2.05, 4.69) is 26.8 Å². The molecule has 42 heavy (non-hydrogen) atoms. The number of carbonyl (C=O) groups excluding carboxylic acids is 1. The van der Waals surface area contributed by atoms with E-state index in [1.807, 2.05) is 6.92 Å². The highest BCUT2D eigenvalue weighted by atomic mass is 35.5. The van der Waals surface area contributed by atoms with Crippen molar-refractivity contribution in [2.75, 3.05) is 25.7 Å². The Morgan fingerprint density at radius 1 is 1.14 bits per heavy atom. The summed E-state index contributed by atoms with van der Waals surface area (Å²) >= 11 is 5.97. The number of alkyl halides is 1. The van der Waals surface area contributed by atoms with Crippen LogP contribution in [0.1, 0.15) is 71.3 Å². The maximum atomic E-state index is 13.4. The average molecular weight is 625 g/mol. The molecule has 2 bridgehead atoms. The molecule has 7 atom stereocenters. The van der Waals surface area contributed by atoms with Crippen LogP contribution in [0.25, 0.3) is 0 Å². The molecule has 10 heteroatoms. The number of ether oxygens (including phenoxy) is 3. The lowest BCUT2D eigenvalue weighted by molar-refractivity contribution is -0.274. The second-order valence-electron chi connectivity index (χ2n) is 13.0. The van der Waals surface area contributed by atoms with Gasteiger partial charge in [-0.3, -0.25) is 4.18 Å². The summed E-state index contributed by atoms with van der Waals surface area (Å²) in [6.45, 7) is 8.65. The van der Waals surface area contributed by atoms with Crippen LogP contribution in [-0.2, 0) is 33.3 Å². The molecule has 4 aliphatic rings. The fourth-order valence-electron chi connectivity index (χ4n) is 8.60. The van der Waals surface area contributed by atoms with Crippen LogP contribution in [0.15, 0.2) is 40.8 Å². The predicted octanol–water partition coefficient (Wildman–Crippen LogP) is 5.53. The lowest BCUT2D eigenvalue weighted by Gasteiger charge is -2.62. The third kappa shape index (κ3) is 5.47. The van der Waals surface area contributed by atoms with E-state index < -0.39 is 46.1 Å². The summed E-state index contributed by atoms with van der Waals surface area (Å²) in [6.07, 6.45) is 5.90. The Labute approximate surface area is 255 Å². The predicted molar refractivity (Wildman–Crippen MR) is 158 cm³/mol. The molecule has 1 aliphatic heterocycles. The van der Waals surface area contributed by atoms with Gasteiger partial charge in [-0.15, -0.1) is 11.6 Å². The van der Waals surface area contributed by atoms with Gasteiger partial charge in [0, 0.05) is 30.1 Å². The van der Waals surface area contributed by atoms with Crippen LogP contribution >= 0.6 is 11.6 Å². The molecule has 3 aliphatic carbocycles. The first-order valence-corrected chi connectivity index (χ1v) is 17.2. The number of carbonyl (C=O) groups is 1. The van der Waals surface area contributed by atoms with Crippen LogP contribution < -0.4 is 0 Å². The molecular formula is C32H45ClO8S. The van der Waals surface area contributed by atoms with Gasteiger partial charge in [0.1, 0.15) is 6.10 Å². The van der Waals surface area contributed by atoms with E-state index in [9.17, 15) is 18.3 Å². The Morgan fingerprint density at radius 3 is 2.50 bits per heavy atom. The van der Waals surface area contributed by atoms with Crippen molar-refractivity contribution in [2.24, 2.45) is 28.6 Å². The number of unbranched alkanes of at least 4 members (excludes halogenated alkanes) is 1. The maximum absolute atomic E-state index is 13.4. The number of aliphatic hydroxyl groups excluding tert-OH is 1. The topological polar surface area (TPSA) is 108 Å². The largest absolute Gasteiger partial charge is 0.460 e. The third-order valence-electron chi connectivity index (χ3n) is 11.0. The van der Waals surface area contributed by atoms with Gasteiger partial charge < -0.3 is 19.3 Å². The second-order valence-corrected chi connectivity index (χ2v) is 15.0. The molecule has 0 unspecified atom stereocenters. The SMILES string of the molecule is Cc1ccc(S(=O)(=O)OCC(=O)O[C@H]2C/C(=C/CCCCl)[C@@H](O)[C@H](C)[C@@]34CC[C@@H](C)[C@]2(C)[C@@H]3C2(CC4)OCCO2)cc1. The van der Waals surface area contributed by atoms with E-state index in [4.69, 9.17) is 30.0 Å². The van der Waals surface area contributed by atoms with Gasteiger partial charge in [-0.25, -0.2) is 4.79 Å². The monoisotopic (exact) mass is 624 g/mol. The zero-order valence-electron chi connectivity index (χ0n) is 25.1. The van der Waals surface area contributed by atoms with E-state index in [0.29, 0.717) is 31.9 Å². The zero-order chi connectivity index (χ0) is 30.3. The number of halogens is 1. The number of benzene rings is 1. The minimum Gasteiger partial charge on any atom is -0.460 e. The van der Waals surface area contributed by atoms with Crippen molar-refractivity contribution in [1.29, 1.82) is 0 Å². The molecule has 0 amide bonds. The molecule has 0 radical (unpaired) electrons. The fourth-order valence-corrected chi connectivity index (χ4v) is 9.61. The van der Waals surface area contributed by atoms with Crippen molar-refractivity contribution in [1.82, 2.24) is 0 Å². The standard InChI is InChI=1S/C32H45ClO8S/c1-21-8-10-25(11-9-21)42(36,37)40-20-27(34)41-26-19-24(7-5-6-16-33)28(35)23(3)31-13-12-22(2)30(26,4)29(31)32(15-14-31)38-17-18-39-32/h7-11,22-23,26,28-29,35H,5-6,12-20H2,1-4H3/b24-7-/t22-,23+,26+,28+,29+,30+,31+/m1/s1. The first-order valence-electron chi connectivity index (χ1n) is 15.3.